The van der Waals surface area contributed by atoms with E-state index in [1.165, 1.54) is 32.1 Å². The van der Waals surface area contributed by atoms with Crippen LogP contribution in [0.1, 0.15) is 61.9 Å². The molecule has 0 aliphatic heterocycles. The van der Waals surface area contributed by atoms with Crippen molar-refractivity contribution in [3.63, 3.8) is 0 Å². The summed E-state index contributed by atoms with van der Waals surface area (Å²) in [6, 6.07) is 7.60. The standard InChI is InChI=1S/C20H32N4O.HI/c1-4-20(12-6-7-13-20)15-24-19(22-5-2)23-14-16-8-10-17(11-9-16)18(25)21-3;/h8-11H,4-7,12-15H2,1-3H3,(H,21,25)(H2,22,23,24);1H. The first-order valence-corrected chi connectivity index (χ1v) is 9.45. The minimum absolute atomic E-state index is 0. The first-order chi connectivity index (χ1) is 12.1. The fourth-order valence-electron chi connectivity index (χ4n) is 3.47. The number of nitrogens with one attached hydrogen (secondary N) is 3. The minimum Gasteiger partial charge on any atom is -0.357 e. The third-order valence-electron chi connectivity index (χ3n) is 5.25. The van der Waals surface area contributed by atoms with Gasteiger partial charge in [0.15, 0.2) is 5.96 Å². The van der Waals surface area contributed by atoms with Crippen LogP contribution in [0.2, 0.25) is 0 Å². The molecule has 0 atom stereocenters. The predicted molar refractivity (Wildman–Crippen MR) is 119 cm³/mol. The van der Waals surface area contributed by atoms with Crippen LogP contribution >= 0.6 is 24.0 Å². The number of amides is 1. The first-order valence-electron chi connectivity index (χ1n) is 9.45. The quantitative estimate of drug-likeness (QED) is 0.322. The monoisotopic (exact) mass is 472 g/mol. The molecule has 1 aliphatic carbocycles. The van der Waals surface area contributed by atoms with E-state index in [2.05, 4.69) is 29.8 Å². The Morgan fingerprint density at radius 1 is 1.12 bits per heavy atom. The molecule has 0 bridgehead atoms. The maximum absolute atomic E-state index is 11.6. The Hall–Kier alpha value is -1.31. The number of benzene rings is 1. The summed E-state index contributed by atoms with van der Waals surface area (Å²) in [4.78, 5) is 16.3. The summed E-state index contributed by atoms with van der Waals surface area (Å²) < 4.78 is 0. The van der Waals surface area contributed by atoms with Gasteiger partial charge in [0.2, 0.25) is 0 Å². The van der Waals surface area contributed by atoms with Gasteiger partial charge in [-0.15, -0.1) is 24.0 Å². The zero-order valence-electron chi connectivity index (χ0n) is 16.2. The lowest BCUT2D eigenvalue weighted by molar-refractivity contribution is 0.0963. The topological polar surface area (TPSA) is 65.5 Å². The van der Waals surface area contributed by atoms with Crippen LogP contribution in [0.15, 0.2) is 29.3 Å². The summed E-state index contributed by atoms with van der Waals surface area (Å²) in [6.45, 7) is 6.82. The van der Waals surface area contributed by atoms with Gasteiger partial charge in [-0.25, -0.2) is 4.99 Å². The van der Waals surface area contributed by atoms with E-state index in [4.69, 9.17) is 4.99 Å². The summed E-state index contributed by atoms with van der Waals surface area (Å²) in [7, 11) is 1.64. The molecule has 1 aromatic rings. The van der Waals surface area contributed by atoms with Gasteiger partial charge in [-0.1, -0.05) is 31.9 Å². The van der Waals surface area contributed by atoms with Crippen LogP contribution < -0.4 is 16.0 Å². The second-order valence-corrected chi connectivity index (χ2v) is 6.89. The lowest BCUT2D eigenvalue weighted by atomic mass is 9.83. The number of rotatable bonds is 7. The largest absolute Gasteiger partial charge is 0.357 e. The van der Waals surface area contributed by atoms with E-state index in [0.717, 1.165) is 24.6 Å². The van der Waals surface area contributed by atoms with Gasteiger partial charge in [-0.3, -0.25) is 4.79 Å². The highest BCUT2D eigenvalue weighted by atomic mass is 127. The Morgan fingerprint density at radius 3 is 2.31 bits per heavy atom. The number of aliphatic imine (C=N–C) groups is 1. The molecule has 26 heavy (non-hydrogen) atoms. The van der Waals surface area contributed by atoms with Crippen LogP contribution in [0.4, 0.5) is 0 Å². The molecule has 1 fully saturated rings. The van der Waals surface area contributed by atoms with Crippen molar-refractivity contribution in [1.29, 1.82) is 0 Å². The summed E-state index contributed by atoms with van der Waals surface area (Å²) in [5.74, 6) is 0.809. The van der Waals surface area contributed by atoms with Gasteiger partial charge in [0.05, 0.1) is 6.54 Å². The molecule has 0 aromatic heterocycles. The van der Waals surface area contributed by atoms with Crippen LogP contribution in [-0.4, -0.2) is 32.0 Å². The zero-order valence-corrected chi connectivity index (χ0v) is 18.6. The highest BCUT2D eigenvalue weighted by Crippen LogP contribution is 2.40. The number of hydrogen-bond donors (Lipinski definition) is 3. The van der Waals surface area contributed by atoms with E-state index < -0.39 is 0 Å². The SMILES string of the molecule is CCNC(=NCc1ccc(C(=O)NC)cc1)NCC1(CC)CCCC1.I. The van der Waals surface area contributed by atoms with Crippen molar-refractivity contribution >= 4 is 35.8 Å². The smallest absolute Gasteiger partial charge is 0.251 e. The van der Waals surface area contributed by atoms with Crippen LogP contribution in [-0.2, 0) is 6.54 Å². The third-order valence-corrected chi connectivity index (χ3v) is 5.25. The molecule has 3 N–H and O–H groups in total. The second-order valence-electron chi connectivity index (χ2n) is 6.89. The van der Waals surface area contributed by atoms with Crippen molar-refractivity contribution in [2.24, 2.45) is 10.4 Å². The molecule has 0 radical (unpaired) electrons. The van der Waals surface area contributed by atoms with E-state index in [9.17, 15) is 4.79 Å². The lowest BCUT2D eigenvalue weighted by Gasteiger charge is -2.28. The average Bonchev–Trinajstić information content (AvgIpc) is 3.13. The second kappa shape index (κ2) is 11.4. The fourth-order valence-corrected chi connectivity index (χ4v) is 3.47. The van der Waals surface area contributed by atoms with Gasteiger partial charge < -0.3 is 16.0 Å². The Kier molecular flexibility index (Phi) is 9.98. The van der Waals surface area contributed by atoms with E-state index in [1.54, 1.807) is 7.05 Å². The Bertz CT molecular complexity index is 580. The highest BCUT2D eigenvalue weighted by molar-refractivity contribution is 14.0. The van der Waals surface area contributed by atoms with E-state index in [1.807, 2.05) is 24.3 Å². The van der Waals surface area contributed by atoms with Crippen molar-refractivity contribution in [1.82, 2.24) is 16.0 Å². The van der Waals surface area contributed by atoms with Crippen molar-refractivity contribution in [3.05, 3.63) is 35.4 Å². The maximum atomic E-state index is 11.6. The fraction of sp³-hybridized carbons (Fsp3) is 0.600. The molecular weight excluding hydrogens is 439 g/mol. The lowest BCUT2D eigenvalue weighted by Crippen LogP contribution is -2.42. The minimum atomic E-state index is -0.0634. The summed E-state index contributed by atoms with van der Waals surface area (Å²) in [5.41, 5.74) is 2.20. The van der Waals surface area contributed by atoms with Crippen LogP contribution in [0.5, 0.6) is 0 Å². The molecule has 2 rings (SSSR count). The molecule has 1 amide bonds. The van der Waals surface area contributed by atoms with Crippen LogP contribution in [0, 0.1) is 5.41 Å². The molecule has 146 valence electrons. The number of halogens is 1. The number of nitrogens with zero attached hydrogens (tertiary/aromatic N) is 1. The van der Waals surface area contributed by atoms with Gasteiger partial charge in [-0.2, -0.15) is 0 Å². The van der Waals surface area contributed by atoms with Crippen molar-refractivity contribution < 1.29 is 4.79 Å². The zero-order chi connectivity index (χ0) is 18.1. The number of hydrogen-bond acceptors (Lipinski definition) is 2. The van der Waals surface area contributed by atoms with Crippen molar-refractivity contribution in [3.8, 4) is 0 Å². The van der Waals surface area contributed by atoms with Crippen LogP contribution in [0.25, 0.3) is 0 Å². The van der Waals surface area contributed by atoms with Crippen LogP contribution in [0.3, 0.4) is 0 Å². The van der Waals surface area contributed by atoms with Gasteiger partial charge >= 0.3 is 0 Å². The first kappa shape index (κ1) is 22.7. The van der Waals surface area contributed by atoms with Gasteiger partial charge in [0, 0.05) is 25.7 Å². The summed E-state index contributed by atoms with van der Waals surface area (Å²) >= 11 is 0. The Morgan fingerprint density at radius 2 is 1.77 bits per heavy atom. The molecule has 0 unspecified atom stereocenters. The van der Waals surface area contributed by atoms with E-state index >= 15 is 0 Å². The molecular formula is C20H33IN4O. The third kappa shape index (κ3) is 6.45. The maximum Gasteiger partial charge on any atom is 0.251 e. The summed E-state index contributed by atoms with van der Waals surface area (Å²) in [6.07, 6.45) is 6.55. The average molecular weight is 472 g/mol. The highest BCUT2D eigenvalue weighted by Gasteiger charge is 2.31. The number of carbonyl (C=O) groups is 1. The number of guanidine groups is 1. The van der Waals surface area contributed by atoms with Gasteiger partial charge in [-0.05, 0) is 49.3 Å². The molecule has 1 aromatic carbocycles. The summed E-state index contributed by atoms with van der Waals surface area (Å²) in [5, 5.41) is 9.50. The molecule has 1 aliphatic rings. The molecule has 5 nitrogen and oxygen atoms in total. The van der Waals surface area contributed by atoms with E-state index in [-0.39, 0.29) is 29.9 Å². The van der Waals surface area contributed by atoms with Gasteiger partial charge in [0.1, 0.15) is 0 Å². The normalized spacial score (nSPS) is 15.9. The van der Waals surface area contributed by atoms with Crippen molar-refractivity contribution in [2.45, 2.75) is 52.5 Å². The molecule has 0 saturated heterocycles. The molecule has 6 heteroatoms. The van der Waals surface area contributed by atoms with E-state index in [0.29, 0.717) is 17.5 Å². The van der Waals surface area contributed by atoms with Gasteiger partial charge in [0.25, 0.3) is 5.91 Å². The Labute approximate surface area is 174 Å². The number of carbonyl (C=O) groups excluding carboxylic acids is 1. The molecule has 0 heterocycles. The predicted octanol–water partition coefficient (Wildman–Crippen LogP) is 3.69. The Balaban J connectivity index is 0.00000338. The molecule has 0 spiro atoms. The molecule has 1 saturated carbocycles. The van der Waals surface area contributed by atoms with Crippen molar-refractivity contribution in [2.75, 3.05) is 20.1 Å².